The SMILES string of the molecule is Brc1ccc(CNCCC2CCC2)s1. The molecule has 1 aliphatic carbocycles. The van der Waals surface area contributed by atoms with E-state index in [9.17, 15) is 0 Å². The summed E-state index contributed by atoms with van der Waals surface area (Å²) in [5.41, 5.74) is 0. The molecule has 1 N–H and O–H groups in total. The predicted octanol–water partition coefficient (Wildman–Crippen LogP) is 3.79. The Labute approximate surface area is 98.0 Å². The summed E-state index contributed by atoms with van der Waals surface area (Å²) in [5, 5.41) is 3.50. The zero-order valence-electron chi connectivity index (χ0n) is 8.26. The molecule has 78 valence electrons. The van der Waals surface area contributed by atoms with Crippen LogP contribution in [-0.4, -0.2) is 6.54 Å². The summed E-state index contributed by atoms with van der Waals surface area (Å²) in [5.74, 6) is 1.03. The number of hydrogen-bond acceptors (Lipinski definition) is 2. The van der Waals surface area contributed by atoms with Crippen molar-refractivity contribution in [3.8, 4) is 0 Å². The molecule has 0 atom stereocenters. The number of hydrogen-bond donors (Lipinski definition) is 1. The van der Waals surface area contributed by atoms with Crippen LogP contribution in [0.5, 0.6) is 0 Å². The van der Waals surface area contributed by atoms with Gasteiger partial charge in [0, 0.05) is 11.4 Å². The van der Waals surface area contributed by atoms with Gasteiger partial charge in [-0.05, 0) is 46.9 Å². The third-order valence-corrected chi connectivity index (χ3v) is 4.51. The number of halogens is 1. The molecule has 0 unspecified atom stereocenters. The van der Waals surface area contributed by atoms with Crippen LogP contribution >= 0.6 is 27.3 Å². The zero-order valence-corrected chi connectivity index (χ0v) is 10.7. The molecule has 0 amide bonds. The summed E-state index contributed by atoms with van der Waals surface area (Å²) in [7, 11) is 0. The van der Waals surface area contributed by atoms with Crippen molar-refractivity contribution < 1.29 is 0 Å². The maximum absolute atomic E-state index is 3.50. The maximum atomic E-state index is 3.50. The van der Waals surface area contributed by atoms with E-state index in [1.165, 1.54) is 40.9 Å². The van der Waals surface area contributed by atoms with E-state index in [-0.39, 0.29) is 0 Å². The summed E-state index contributed by atoms with van der Waals surface area (Å²) < 4.78 is 1.23. The van der Waals surface area contributed by atoms with Crippen molar-refractivity contribution in [2.45, 2.75) is 32.2 Å². The molecule has 1 aromatic heterocycles. The van der Waals surface area contributed by atoms with Gasteiger partial charge in [0.2, 0.25) is 0 Å². The highest BCUT2D eigenvalue weighted by atomic mass is 79.9. The van der Waals surface area contributed by atoms with Crippen LogP contribution in [0.4, 0.5) is 0 Å². The van der Waals surface area contributed by atoms with Crippen LogP contribution in [0.25, 0.3) is 0 Å². The third kappa shape index (κ3) is 3.07. The molecule has 1 fully saturated rings. The molecule has 0 aliphatic heterocycles. The number of nitrogens with one attached hydrogen (secondary N) is 1. The largest absolute Gasteiger partial charge is 0.312 e. The van der Waals surface area contributed by atoms with Crippen LogP contribution in [-0.2, 0) is 6.54 Å². The van der Waals surface area contributed by atoms with Crippen LogP contribution in [0.2, 0.25) is 0 Å². The van der Waals surface area contributed by atoms with E-state index < -0.39 is 0 Å². The van der Waals surface area contributed by atoms with Gasteiger partial charge in [0.05, 0.1) is 3.79 Å². The Hall–Kier alpha value is 0.140. The van der Waals surface area contributed by atoms with Crippen LogP contribution in [0.15, 0.2) is 15.9 Å². The van der Waals surface area contributed by atoms with Crippen molar-refractivity contribution in [3.05, 3.63) is 20.8 Å². The van der Waals surface area contributed by atoms with E-state index in [0.29, 0.717) is 0 Å². The normalized spacial score (nSPS) is 16.9. The molecule has 0 aromatic carbocycles. The molecule has 3 heteroatoms. The molecule has 2 rings (SSSR count). The third-order valence-electron chi connectivity index (χ3n) is 2.88. The second-order valence-electron chi connectivity index (χ2n) is 3.97. The van der Waals surface area contributed by atoms with Crippen LogP contribution < -0.4 is 5.32 Å². The topological polar surface area (TPSA) is 12.0 Å². The fourth-order valence-corrected chi connectivity index (χ4v) is 3.20. The molecule has 1 aromatic rings. The molecule has 1 heterocycles. The van der Waals surface area contributed by atoms with E-state index in [2.05, 4.69) is 33.4 Å². The standard InChI is InChI=1S/C11H16BrNS/c12-11-5-4-10(14-11)8-13-7-6-9-2-1-3-9/h4-5,9,13H,1-3,6-8H2. The first-order chi connectivity index (χ1) is 6.84. The highest BCUT2D eigenvalue weighted by Gasteiger charge is 2.16. The first-order valence-electron chi connectivity index (χ1n) is 5.29. The van der Waals surface area contributed by atoms with Crippen molar-refractivity contribution in [2.24, 2.45) is 5.92 Å². The Morgan fingerprint density at radius 3 is 2.86 bits per heavy atom. The molecule has 0 spiro atoms. The Morgan fingerprint density at radius 2 is 2.29 bits per heavy atom. The van der Waals surface area contributed by atoms with Gasteiger partial charge in [-0.3, -0.25) is 0 Å². The van der Waals surface area contributed by atoms with Gasteiger partial charge < -0.3 is 5.32 Å². The van der Waals surface area contributed by atoms with E-state index in [1.54, 1.807) is 0 Å². The van der Waals surface area contributed by atoms with Crippen LogP contribution in [0, 0.1) is 5.92 Å². The highest BCUT2D eigenvalue weighted by Crippen LogP contribution is 2.28. The van der Waals surface area contributed by atoms with Crippen LogP contribution in [0.1, 0.15) is 30.6 Å². The average Bonchev–Trinajstić information content (AvgIpc) is 2.48. The van der Waals surface area contributed by atoms with Gasteiger partial charge in [0.25, 0.3) is 0 Å². The van der Waals surface area contributed by atoms with Gasteiger partial charge in [-0.1, -0.05) is 19.3 Å². The lowest BCUT2D eigenvalue weighted by molar-refractivity contribution is 0.292. The quantitative estimate of drug-likeness (QED) is 0.805. The van der Waals surface area contributed by atoms with Crippen LogP contribution in [0.3, 0.4) is 0 Å². The second kappa shape index (κ2) is 5.29. The first kappa shape index (κ1) is 10.7. The van der Waals surface area contributed by atoms with E-state index in [1.807, 2.05) is 11.3 Å². The van der Waals surface area contributed by atoms with Gasteiger partial charge in [-0.2, -0.15) is 0 Å². The van der Waals surface area contributed by atoms with Crippen molar-refractivity contribution in [1.82, 2.24) is 5.32 Å². The Bertz CT molecular complexity index is 281. The number of thiophene rings is 1. The Kier molecular flexibility index (Phi) is 4.02. The van der Waals surface area contributed by atoms with Gasteiger partial charge in [-0.15, -0.1) is 11.3 Å². The molecule has 1 nitrogen and oxygen atoms in total. The average molecular weight is 274 g/mol. The lowest BCUT2D eigenvalue weighted by atomic mass is 9.83. The highest BCUT2D eigenvalue weighted by molar-refractivity contribution is 9.11. The lowest BCUT2D eigenvalue weighted by Crippen LogP contribution is -2.20. The van der Waals surface area contributed by atoms with Gasteiger partial charge in [-0.25, -0.2) is 0 Å². The molecule has 14 heavy (non-hydrogen) atoms. The second-order valence-corrected chi connectivity index (χ2v) is 6.52. The molecule has 1 aliphatic rings. The summed E-state index contributed by atoms with van der Waals surface area (Å²) in [6.45, 7) is 2.21. The fraction of sp³-hybridized carbons (Fsp3) is 0.636. The van der Waals surface area contributed by atoms with Crippen molar-refractivity contribution in [3.63, 3.8) is 0 Å². The minimum atomic E-state index is 1.03. The lowest BCUT2D eigenvalue weighted by Gasteiger charge is -2.25. The number of rotatable bonds is 5. The minimum absolute atomic E-state index is 1.03. The summed E-state index contributed by atoms with van der Waals surface area (Å²) in [4.78, 5) is 1.42. The molecular weight excluding hydrogens is 258 g/mol. The molecule has 0 saturated heterocycles. The fourth-order valence-electron chi connectivity index (χ4n) is 1.75. The Balaban J connectivity index is 1.58. The summed E-state index contributed by atoms with van der Waals surface area (Å²) in [6, 6.07) is 4.30. The molecule has 0 bridgehead atoms. The zero-order chi connectivity index (χ0) is 9.80. The first-order valence-corrected chi connectivity index (χ1v) is 6.90. The Morgan fingerprint density at radius 1 is 1.43 bits per heavy atom. The summed E-state index contributed by atoms with van der Waals surface area (Å²) >= 11 is 5.30. The maximum Gasteiger partial charge on any atom is 0.0701 e. The van der Waals surface area contributed by atoms with E-state index in [0.717, 1.165) is 12.5 Å². The van der Waals surface area contributed by atoms with E-state index in [4.69, 9.17) is 0 Å². The summed E-state index contributed by atoms with van der Waals surface area (Å²) in [6.07, 6.45) is 5.76. The monoisotopic (exact) mass is 273 g/mol. The molecular formula is C11H16BrNS. The van der Waals surface area contributed by atoms with Gasteiger partial charge in [0.15, 0.2) is 0 Å². The molecule has 1 saturated carbocycles. The smallest absolute Gasteiger partial charge is 0.0701 e. The van der Waals surface area contributed by atoms with Crippen molar-refractivity contribution >= 4 is 27.3 Å². The minimum Gasteiger partial charge on any atom is -0.312 e. The predicted molar refractivity (Wildman–Crippen MR) is 65.7 cm³/mol. The van der Waals surface area contributed by atoms with Gasteiger partial charge in [0.1, 0.15) is 0 Å². The van der Waals surface area contributed by atoms with E-state index >= 15 is 0 Å². The van der Waals surface area contributed by atoms with Crippen molar-refractivity contribution in [2.75, 3.05) is 6.54 Å². The molecule has 0 radical (unpaired) electrons. The van der Waals surface area contributed by atoms with Gasteiger partial charge >= 0.3 is 0 Å². The van der Waals surface area contributed by atoms with Crippen molar-refractivity contribution in [1.29, 1.82) is 0 Å².